The van der Waals surface area contributed by atoms with Crippen molar-refractivity contribution in [2.75, 3.05) is 13.1 Å². The standard InChI is InChI=1S/C13H15N3O5/c1-8(17)14-10-4-5-15(7-10)13(19)9-2-3-11(16(20)21)12(18)6-9/h2-3,6,10,18H,4-5,7H2,1H3,(H,14,17). The third-order valence-electron chi connectivity index (χ3n) is 3.30. The van der Waals surface area contributed by atoms with Gasteiger partial charge in [-0.2, -0.15) is 0 Å². The van der Waals surface area contributed by atoms with E-state index in [-0.39, 0.29) is 23.4 Å². The number of hydrogen-bond donors (Lipinski definition) is 2. The zero-order chi connectivity index (χ0) is 15.6. The summed E-state index contributed by atoms with van der Waals surface area (Å²) in [6.07, 6.45) is 0.657. The first-order valence-corrected chi connectivity index (χ1v) is 6.42. The minimum atomic E-state index is -0.716. The molecule has 0 saturated carbocycles. The SMILES string of the molecule is CC(=O)NC1CCN(C(=O)c2ccc([N+](=O)[O-])c(O)c2)C1. The van der Waals surface area contributed by atoms with Crippen molar-refractivity contribution in [2.45, 2.75) is 19.4 Å². The van der Waals surface area contributed by atoms with Gasteiger partial charge in [0, 0.05) is 37.7 Å². The fraction of sp³-hybridized carbons (Fsp3) is 0.385. The number of nitro groups is 1. The van der Waals surface area contributed by atoms with E-state index in [1.165, 1.54) is 13.0 Å². The van der Waals surface area contributed by atoms with Crippen LogP contribution in [-0.4, -0.2) is 45.9 Å². The molecule has 1 unspecified atom stereocenters. The van der Waals surface area contributed by atoms with Crippen LogP contribution in [0.4, 0.5) is 5.69 Å². The van der Waals surface area contributed by atoms with Gasteiger partial charge in [0.1, 0.15) is 0 Å². The maximum Gasteiger partial charge on any atom is 0.310 e. The molecule has 8 heteroatoms. The second-order valence-corrected chi connectivity index (χ2v) is 4.90. The van der Waals surface area contributed by atoms with Gasteiger partial charge in [-0.25, -0.2) is 0 Å². The summed E-state index contributed by atoms with van der Waals surface area (Å²) < 4.78 is 0. The van der Waals surface area contributed by atoms with Crippen LogP contribution in [0, 0.1) is 10.1 Å². The van der Waals surface area contributed by atoms with Gasteiger partial charge in [0.05, 0.1) is 4.92 Å². The van der Waals surface area contributed by atoms with Crippen molar-refractivity contribution in [1.29, 1.82) is 0 Å². The molecule has 0 aliphatic carbocycles. The summed E-state index contributed by atoms with van der Waals surface area (Å²) in [4.78, 5) is 34.7. The first-order valence-electron chi connectivity index (χ1n) is 6.42. The molecular weight excluding hydrogens is 278 g/mol. The molecule has 1 aliphatic heterocycles. The highest BCUT2D eigenvalue weighted by atomic mass is 16.6. The molecule has 1 aromatic carbocycles. The van der Waals surface area contributed by atoms with Gasteiger partial charge in [-0.3, -0.25) is 19.7 Å². The lowest BCUT2D eigenvalue weighted by Gasteiger charge is -2.17. The number of carbonyl (C=O) groups excluding carboxylic acids is 2. The molecule has 1 atom stereocenters. The van der Waals surface area contributed by atoms with Crippen LogP contribution in [0.3, 0.4) is 0 Å². The zero-order valence-electron chi connectivity index (χ0n) is 11.4. The van der Waals surface area contributed by atoms with Gasteiger partial charge in [-0.1, -0.05) is 0 Å². The molecule has 2 rings (SSSR count). The van der Waals surface area contributed by atoms with Gasteiger partial charge >= 0.3 is 5.69 Å². The Hall–Kier alpha value is -2.64. The van der Waals surface area contributed by atoms with E-state index >= 15 is 0 Å². The van der Waals surface area contributed by atoms with Gasteiger partial charge in [-0.05, 0) is 18.6 Å². The number of likely N-dealkylation sites (tertiary alicyclic amines) is 1. The van der Waals surface area contributed by atoms with E-state index in [0.717, 1.165) is 12.1 Å². The van der Waals surface area contributed by atoms with Crippen molar-refractivity contribution >= 4 is 17.5 Å². The van der Waals surface area contributed by atoms with Crippen LogP contribution >= 0.6 is 0 Å². The topological polar surface area (TPSA) is 113 Å². The van der Waals surface area contributed by atoms with E-state index in [2.05, 4.69) is 5.32 Å². The lowest BCUT2D eigenvalue weighted by molar-refractivity contribution is -0.385. The molecule has 0 aromatic heterocycles. The average Bonchev–Trinajstić information content (AvgIpc) is 2.84. The predicted molar refractivity (Wildman–Crippen MR) is 72.9 cm³/mol. The molecule has 1 aliphatic rings. The molecule has 1 heterocycles. The quantitative estimate of drug-likeness (QED) is 0.627. The van der Waals surface area contributed by atoms with E-state index in [9.17, 15) is 24.8 Å². The zero-order valence-corrected chi connectivity index (χ0v) is 11.4. The molecule has 2 amide bonds. The fourth-order valence-electron chi connectivity index (χ4n) is 2.34. The van der Waals surface area contributed by atoms with Crippen molar-refractivity contribution in [1.82, 2.24) is 10.2 Å². The largest absolute Gasteiger partial charge is 0.502 e. The van der Waals surface area contributed by atoms with Crippen LogP contribution in [0.5, 0.6) is 5.75 Å². The van der Waals surface area contributed by atoms with E-state index in [0.29, 0.717) is 19.5 Å². The molecule has 1 aromatic rings. The van der Waals surface area contributed by atoms with Crippen LogP contribution < -0.4 is 5.32 Å². The summed E-state index contributed by atoms with van der Waals surface area (Å²) in [5.74, 6) is -1.02. The van der Waals surface area contributed by atoms with Gasteiger partial charge in [0.25, 0.3) is 5.91 Å². The molecule has 8 nitrogen and oxygen atoms in total. The third-order valence-corrected chi connectivity index (χ3v) is 3.30. The Morgan fingerprint density at radius 2 is 2.19 bits per heavy atom. The molecule has 0 radical (unpaired) electrons. The van der Waals surface area contributed by atoms with E-state index in [1.54, 1.807) is 4.90 Å². The monoisotopic (exact) mass is 293 g/mol. The summed E-state index contributed by atoms with van der Waals surface area (Å²) in [6, 6.07) is 3.42. The van der Waals surface area contributed by atoms with Crippen LogP contribution in [0.15, 0.2) is 18.2 Å². The summed E-state index contributed by atoms with van der Waals surface area (Å²) in [5, 5.41) is 22.9. The summed E-state index contributed by atoms with van der Waals surface area (Å²) >= 11 is 0. The summed E-state index contributed by atoms with van der Waals surface area (Å²) in [5.41, 5.74) is -0.259. The van der Waals surface area contributed by atoms with Crippen molar-refractivity contribution in [2.24, 2.45) is 0 Å². The Labute approximate surface area is 120 Å². The molecular formula is C13H15N3O5. The van der Waals surface area contributed by atoms with E-state index in [1.807, 2.05) is 0 Å². The van der Waals surface area contributed by atoms with E-state index < -0.39 is 16.4 Å². The molecule has 0 spiro atoms. The predicted octanol–water partition coefficient (Wildman–Crippen LogP) is 0.651. The minimum absolute atomic E-state index is 0.0851. The van der Waals surface area contributed by atoms with Crippen LogP contribution in [0.1, 0.15) is 23.7 Å². The Morgan fingerprint density at radius 3 is 2.76 bits per heavy atom. The lowest BCUT2D eigenvalue weighted by atomic mass is 10.1. The minimum Gasteiger partial charge on any atom is -0.502 e. The van der Waals surface area contributed by atoms with Gasteiger partial charge in [-0.15, -0.1) is 0 Å². The highest BCUT2D eigenvalue weighted by molar-refractivity contribution is 5.95. The van der Waals surface area contributed by atoms with Crippen molar-refractivity contribution < 1.29 is 19.6 Å². The smallest absolute Gasteiger partial charge is 0.310 e. The van der Waals surface area contributed by atoms with Crippen molar-refractivity contribution in [3.05, 3.63) is 33.9 Å². The van der Waals surface area contributed by atoms with Gasteiger partial charge in [0.2, 0.25) is 5.91 Å². The van der Waals surface area contributed by atoms with Crippen LogP contribution in [0.2, 0.25) is 0 Å². The fourth-order valence-corrected chi connectivity index (χ4v) is 2.34. The van der Waals surface area contributed by atoms with Crippen molar-refractivity contribution in [3.8, 4) is 5.75 Å². The Bertz CT molecular complexity index is 601. The first kappa shape index (κ1) is 14.8. The molecule has 0 bridgehead atoms. The number of phenolic OH excluding ortho intramolecular Hbond substituents is 1. The van der Waals surface area contributed by atoms with E-state index in [4.69, 9.17) is 0 Å². The number of nitrogens with zero attached hydrogens (tertiary/aromatic N) is 2. The van der Waals surface area contributed by atoms with Crippen molar-refractivity contribution in [3.63, 3.8) is 0 Å². The number of nitrogens with one attached hydrogen (secondary N) is 1. The summed E-state index contributed by atoms with van der Waals surface area (Å²) in [6.45, 7) is 2.29. The first-order chi connectivity index (χ1) is 9.88. The molecule has 21 heavy (non-hydrogen) atoms. The lowest BCUT2D eigenvalue weighted by Crippen LogP contribution is -2.37. The number of nitro benzene ring substituents is 1. The normalized spacial score (nSPS) is 17.6. The highest BCUT2D eigenvalue weighted by Gasteiger charge is 2.28. The second kappa shape index (κ2) is 5.78. The average molecular weight is 293 g/mol. The number of aromatic hydroxyl groups is 1. The van der Waals surface area contributed by atoms with Gasteiger partial charge in [0.15, 0.2) is 5.75 Å². The van der Waals surface area contributed by atoms with Crippen LogP contribution in [-0.2, 0) is 4.79 Å². The highest BCUT2D eigenvalue weighted by Crippen LogP contribution is 2.27. The number of benzene rings is 1. The third kappa shape index (κ3) is 3.28. The Balaban J connectivity index is 2.09. The summed E-state index contributed by atoms with van der Waals surface area (Å²) in [7, 11) is 0. The second-order valence-electron chi connectivity index (χ2n) is 4.90. The number of phenols is 1. The van der Waals surface area contributed by atoms with Gasteiger partial charge < -0.3 is 15.3 Å². The number of amides is 2. The molecule has 1 saturated heterocycles. The Morgan fingerprint density at radius 1 is 1.48 bits per heavy atom. The number of carbonyl (C=O) groups is 2. The maximum atomic E-state index is 12.2. The Kier molecular flexibility index (Phi) is 4.06. The molecule has 2 N–H and O–H groups in total. The van der Waals surface area contributed by atoms with Crippen LogP contribution in [0.25, 0.3) is 0 Å². The number of hydrogen-bond acceptors (Lipinski definition) is 5. The molecule has 1 fully saturated rings. The number of rotatable bonds is 3. The molecule has 112 valence electrons. The maximum absolute atomic E-state index is 12.2.